The van der Waals surface area contributed by atoms with Crippen molar-refractivity contribution in [3.63, 3.8) is 0 Å². The average Bonchev–Trinajstić information content (AvgIpc) is 3.03. The summed E-state index contributed by atoms with van der Waals surface area (Å²) in [6, 6.07) is 0. The quantitative estimate of drug-likeness (QED) is 0.355. The van der Waals surface area contributed by atoms with Gasteiger partial charge in [-0.3, -0.25) is 19.0 Å². The lowest BCUT2D eigenvalue weighted by Gasteiger charge is -2.18. The lowest BCUT2D eigenvalue weighted by Crippen LogP contribution is -2.32. The van der Waals surface area contributed by atoms with Gasteiger partial charge in [-0.2, -0.15) is 8.42 Å². The summed E-state index contributed by atoms with van der Waals surface area (Å²) in [5.41, 5.74) is 0. The Kier molecular flexibility index (Phi) is 6.91. The van der Waals surface area contributed by atoms with E-state index in [1.807, 2.05) is 4.90 Å². The minimum absolute atomic E-state index is 0.190. The van der Waals surface area contributed by atoms with Crippen molar-refractivity contribution in [3.05, 3.63) is 22.1 Å². The average molecular weight is 425 g/mol. The molecule has 2 saturated heterocycles. The number of thioether (sulfide) groups is 2. The molecule has 2 aliphatic rings. The van der Waals surface area contributed by atoms with Crippen LogP contribution in [0.25, 0.3) is 0 Å². The number of nitrogens with zero attached hydrogens (tertiary/aromatic N) is 2. The first-order valence-electron chi connectivity index (χ1n) is 7.18. The maximum Gasteiger partial charge on any atom is 0.323 e. The SMILES string of the molecule is O=C(O)CN1C(=O)S/C(=C\C=C2SCCN2CCCS(=O)(=O)O)C1=S. The molecular weight excluding hydrogens is 408 g/mol. The van der Waals surface area contributed by atoms with Crippen LogP contribution < -0.4 is 0 Å². The van der Waals surface area contributed by atoms with E-state index in [9.17, 15) is 18.0 Å². The molecule has 0 bridgehead atoms. The fourth-order valence-electron chi connectivity index (χ4n) is 2.21. The second-order valence-corrected chi connectivity index (χ2v) is 9.23. The lowest BCUT2D eigenvalue weighted by atomic mass is 10.4. The van der Waals surface area contributed by atoms with Crippen molar-refractivity contribution >= 4 is 62.1 Å². The summed E-state index contributed by atoms with van der Waals surface area (Å²) < 4.78 is 30.3. The number of hydrogen-bond acceptors (Lipinski definition) is 8. The van der Waals surface area contributed by atoms with Gasteiger partial charge in [-0.15, -0.1) is 11.8 Å². The number of allylic oxidation sites excluding steroid dienone is 2. The minimum Gasteiger partial charge on any atom is -0.480 e. The van der Waals surface area contributed by atoms with Gasteiger partial charge >= 0.3 is 5.97 Å². The molecule has 0 aromatic heterocycles. The largest absolute Gasteiger partial charge is 0.480 e. The molecule has 12 heteroatoms. The molecule has 0 aromatic rings. The summed E-state index contributed by atoms with van der Waals surface area (Å²) in [6.45, 7) is 0.783. The molecule has 0 radical (unpaired) electrons. The molecule has 25 heavy (non-hydrogen) atoms. The van der Waals surface area contributed by atoms with Crippen LogP contribution in [0.2, 0.25) is 0 Å². The second-order valence-electron chi connectivity index (χ2n) is 5.16. The summed E-state index contributed by atoms with van der Waals surface area (Å²) in [6.07, 6.45) is 3.78. The molecule has 0 saturated carbocycles. The number of thiocarbonyl (C=S) groups is 1. The van der Waals surface area contributed by atoms with Gasteiger partial charge < -0.3 is 10.0 Å². The molecule has 2 fully saturated rings. The van der Waals surface area contributed by atoms with Gasteiger partial charge in [-0.05, 0) is 30.3 Å². The van der Waals surface area contributed by atoms with Gasteiger partial charge in [-0.25, -0.2) is 0 Å². The number of hydrogen-bond donors (Lipinski definition) is 2. The summed E-state index contributed by atoms with van der Waals surface area (Å²) >= 11 is 7.63. The molecule has 138 valence electrons. The molecule has 0 spiro atoms. The van der Waals surface area contributed by atoms with E-state index in [1.165, 1.54) is 0 Å². The van der Waals surface area contributed by atoms with Crippen molar-refractivity contribution in [1.29, 1.82) is 0 Å². The van der Waals surface area contributed by atoms with E-state index < -0.39 is 27.9 Å². The number of carboxylic acids is 1. The van der Waals surface area contributed by atoms with Crippen molar-refractivity contribution in [2.45, 2.75) is 6.42 Å². The number of carboxylic acid groups (broad SMARTS) is 1. The van der Waals surface area contributed by atoms with Crippen LogP contribution in [0, 0.1) is 0 Å². The Labute approximate surface area is 159 Å². The molecule has 1 amide bonds. The predicted octanol–water partition coefficient (Wildman–Crippen LogP) is 1.62. The molecular formula is C13H16N2O6S4. The Morgan fingerprint density at radius 2 is 2.08 bits per heavy atom. The van der Waals surface area contributed by atoms with Gasteiger partial charge in [0.1, 0.15) is 11.5 Å². The first kappa shape index (κ1) is 20.2. The van der Waals surface area contributed by atoms with Crippen LogP contribution in [0.1, 0.15) is 6.42 Å². The molecule has 8 nitrogen and oxygen atoms in total. The highest BCUT2D eigenvalue weighted by molar-refractivity contribution is 8.19. The van der Waals surface area contributed by atoms with Crippen LogP contribution in [0.15, 0.2) is 22.1 Å². The molecule has 2 rings (SSSR count). The fourth-order valence-corrected chi connectivity index (χ4v) is 4.94. The normalized spacial score (nSPS) is 21.8. The van der Waals surface area contributed by atoms with Gasteiger partial charge in [-0.1, -0.05) is 12.2 Å². The second kappa shape index (κ2) is 8.54. The van der Waals surface area contributed by atoms with Crippen LogP contribution in [-0.2, 0) is 14.9 Å². The Balaban J connectivity index is 2.01. The van der Waals surface area contributed by atoms with Crippen LogP contribution in [-0.4, -0.2) is 75.2 Å². The van der Waals surface area contributed by atoms with Gasteiger partial charge in [0.2, 0.25) is 0 Å². The molecule has 2 aliphatic heterocycles. The summed E-state index contributed by atoms with van der Waals surface area (Å²) in [5, 5.41) is 9.30. The Bertz CT molecular complexity index is 746. The summed E-state index contributed by atoms with van der Waals surface area (Å²) in [5.74, 6) is -0.573. The van der Waals surface area contributed by atoms with E-state index in [2.05, 4.69) is 0 Å². The monoisotopic (exact) mass is 424 g/mol. The Hall–Kier alpha value is -1.08. The van der Waals surface area contributed by atoms with Crippen molar-refractivity contribution in [3.8, 4) is 0 Å². The molecule has 2 N–H and O–H groups in total. The van der Waals surface area contributed by atoms with Crippen LogP contribution >= 0.6 is 35.7 Å². The molecule has 0 unspecified atom stereocenters. The van der Waals surface area contributed by atoms with E-state index in [4.69, 9.17) is 21.9 Å². The highest BCUT2D eigenvalue weighted by Crippen LogP contribution is 2.33. The third-order valence-electron chi connectivity index (χ3n) is 3.30. The predicted molar refractivity (Wildman–Crippen MR) is 101 cm³/mol. The maximum absolute atomic E-state index is 11.8. The summed E-state index contributed by atoms with van der Waals surface area (Å²) in [4.78, 5) is 26.3. The smallest absolute Gasteiger partial charge is 0.323 e. The minimum atomic E-state index is -3.96. The van der Waals surface area contributed by atoms with E-state index >= 15 is 0 Å². The van der Waals surface area contributed by atoms with Gasteiger partial charge in [0.05, 0.1) is 15.7 Å². The molecule has 0 atom stereocenters. The molecule has 0 aromatic carbocycles. The number of carbonyl (C=O) groups is 2. The zero-order chi connectivity index (χ0) is 18.6. The van der Waals surface area contributed by atoms with E-state index in [0.717, 1.165) is 34.0 Å². The highest BCUT2D eigenvalue weighted by Gasteiger charge is 2.32. The van der Waals surface area contributed by atoms with Gasteiger partial charge in [0, 0.05) is 18.8 Å². The number of aliphatic carboxylic acids is 1. The summed E-state index contributed by atoms with van der Waals surface area (Å²) in [7, 11) is -3.96. The van der Waals surface area contributed by atoms with Crippen LogP contribution in [0.5, 0.6) is 0 Å². The van der Waals surface area contributed by atoms with Crippen molar-refractivity contribution < 1.29 is 27.7 Å². The maximum atomic E-state index is 11.8. The van der Waals surface area contributed by atoms with Crippen LogP contribution in [0.4, 0.5) is 4.79 Å². The van der Waals surface area contributed by atoms with Crippen molar-refractivity contribution in [2.75, 3.05) is 31.1 Å². The Morgan fingerprint density at radius 1 is 1.36 bits per heavy atom. The molecule has 2 heterocycles. The van der Waals surface area contributed by atoms with E-state index in [0.29, 0.717) is 17.9 Å². The number of carbonyl (C=O) groups excluding carboxylic acids is 1. The molecule has 0 aliphatic carbocycles. The van der Waals surface area contributed by atoms with Crippen LogP contribution in [0.3, 0.4) is 0 Å². The third-order valence-corrected chi connectivity index (χ3v) is 6.69. The zero-order valence-electron chi connectivity index (χ0n) is 13.0. The fraction of sp³-hybridized carbons (Fsp3) is 0.462. The first-order valence-corrected chi connectivity index (χ1v) is 11.0. The van der Waals surface area contributed by atoms with Gasteiger partial charge in [0.15, 0.2) is 0 Å². The van der Waals surface area contributed by atoms with Crippen molar-refractivity contribution in [1.82, 2.24) is 9.80 Å². The lowest BCUT2D eigenvalue weighted by molar-refractivity contribution is -0.136. The van der Waals surface area contributed by atoms with E-state index in [1.54, 1.807) is 23.9 Å². The number of rotatable bonds is 7. The zero-order valence-corrected chi connectivity index (χ0v) is 16.2. The van der Waals surface area contributed by atoms with Gasteiger partial charge in [0.25, 0.3) is 15.4 Å². The topological polar surface area (TPSA) is 115 Å². The first-order chi connectivity index (χ1) is 11.7. The third kappa shape index (κ3) is 5.99. The van der Waals surface area contributed by atoms with E-state index in [-0.39, 0.29) is 10.7 Å². The number of amides is 1. The van der Waals surface area contributed by atoms with Crippen molar-refractivity contribution in [2.24, 2.45) is 0 Å². The Morgan fingerprint density at radius 3 is 2.72 bits per heavy atom. The highest BCUT2D eigenvalue weighted by atomic mass is 32.2. The standard InChI is InChI=1S/C13H16N2O6S4/c16-11(17)8-15-12(22)9(24-13(15)18)2-3-10-14(5-6-23-10)4-1-7-25(19,20)21/h2-3H,1,4-8H2,(H,16,17)(H,19,20,21)/b9-2-,10-3?.